The summed E-state index contributed by atoms with van der Waals surface area (Å²) in [6.07, 6.45) is 0.317. The molecule has 0 saturated heterocycles. The first kappa shape index (κ1) is 15.5. The zero-order valence-corrected chi connectivity index (χ0v) is 11.8. The van der Waals surface area contributed by atoms with Crippen molar-refractivity contribution in [3.63, 3.8) is 0 Å². The van der Waals surface area contributed by atoms with Gasteiger partial charge in [-0.05, 0) is 17.4 Å². The van der Waals surface area contributed by atoms with Gasteiger partial charge in [0.1, 0.15) is 6.61 Å². The Morgan fingerprint density at radius 1 is 1.32 bits per heavy atom. The fourth-order valence-corrected chi connectivity index (χ4v) is 1.87. The van der Waals surface area contributed by atoms with Crippen LogP contribution in [0.15, 0.2) is 30.3 Å². The highest BCUT2D eigenvalue weighted by Crippen LogP contribution is 2.29. The predicted octanol–water partition coefficient (Wildman–Crippen LogP) is 2.88. The minimum absolute atomic E-state index is 0.0167. The fraction of sp³-hybridized carbons (Fsp3) is 0.533. The molecule has 0 aliphatic carbocycles. The minimum atomic E-state index is -0.493. The number of benzene rings is 1. The standard InChI is InChI=1S/C15H23NO3/c1-15(2,3)11-13(12-7-5-4-6-8-12)16-14(18)19-10-9-17/h4-8,13,17H,9-11H2,1-3H3,(H,16,18). The van der Waals surface area contributed by atoms with Crippen molar-refractivity contribution in [2.24, 2.45) is 5.41 Å². The minimum Gasteiger partial charge on any atom is -0.447 e. The van der Waals surface area contributed by atoms with Gasteiger partial charge in [0.25, 0.3) is 0 Å². The molecule has 1 amide bonds. The van der Waals surface area contributed by atoms with Gasteiger partial charge in [-0.25, -0.2) is 4.79 Å². The van der Waals surface area contributed by atoms with E-state index in [0.717, 1.165) is 12.0 Å². The van der Waals surface area contributed by atoms with Crippen LogP contribution in [0.5, 0.6) is 0 Å². The molecule has 0 fully saturated rings. The molecule has 1 rings (SSSR count). The van der Waals surface area contributed by atoms with Gasteiger partial charge in [-0.15, -0.1) is 0 Å². The Hall–Kier alpha value is -1.55. The van der Waals surface area contributed by atoms with Gasteiger partial charge in [-0.3, -0.25) is 0 Å². The number of amides is 1. The van der Waals surface area contributed by atoms with Crippen LogP contribution in [-0.4, -0.2) is 24.4 Å². The van der Waals surface area contributed by atoms with Crippen LogP contribution in [0.4, 0.5) is 4.79 Å². The molecule has 4 nitrogen and oxygen atoms in total. The highest BCUT2D eigenvalue weighted by molar-refractivity contribution is 5.67. The topological polar surface area (TPSA) is 58.6 Å². The van der Waals surface area contributed by atoms with E-state index >= 15 is 0 Å². The molecule has 0 aliphatic heterocycles. The molecule has 0 aromatic heterocycles. The maximum Gasteiger partial charge on any atom is 0.407 e. The van der Waals surface area contributed by atoms with Gasteiger partial charge in [0.2, 0.25) is 0 Å². The van der Waals surface area contributed by atoms with Crippen LogP contribution in [0, 0.1) is 5.41 Å². The monoisotopic (exact) mass is 265 g/mol. The summed E-state index contributed by atoms with van der Waals surface area (Å²) in [6, 6.07) is 9.73. The number of ether oxygens (including phenoxy) is 1. The van der Waals surface area contributed by atoms with Gasteiger partial charge < -0.3 is 15.2 Å². The van der Waals surface area contributed by atoms with Crippen molar-refractivity contribution in [1.29, 1.82) is 0 Å². The Bertz CT molecular complexity index is 384. The second kappa shape index (κ2) is 7.14. The number of aliphatic hydroxyl groups excluding tert-OH is 1. The van der Waals surface area contributed by atoms with Crippen LogP contribution < -0.4 is 5.32 Å². The van der Waals surface area contributed by atoms with E-state index < -0.39 is 6.09 Å². The number of hydrogen-bond donors (Lipinski definition) is 2. The number of carbonyl (C=O) groups excluding carboxylic acids is 1. The summed E-state index contributed by atoms with van der Waals surface area (Å²) in [5.74, 6) is 0. The SMILES string of the molecule is CC(C)(C)CC(NC(=O)OCCO)c1ccccc1. The third-order valence-corrected chi connectivity index (χ3v) is 2.63. The molecular weight excluding hydrogens is 242 g/mol. The lowest BCUT2D eigenvalue weighted by Gasteiger charge is -2.27. The van der Waals surface area contributed by atoms with Crippen LogP contribution in [0.2, 0.25) is 0 Å². The Morgan fingerprint density at radius 3 is 2.47 bits per heavy atom. The van der Waals surface area contributed by atoms with E-state index in [0.29, 0.717) is 0 Å². The molecule has 4 heteroatoms. The van der Waals surface area contributed by atoms with E-state index in [1.807, 2.05) is 30.3 Å². The molecule has 0 spiro atoms. The molecule has 1 aromatic rings. The summed E-state index contributed by atoms with van der Waals surface area (Å²) in [5, 5.41) is 11.5. The van der Waals surface area contributed by atoms with E-state index in [9.17, 15) is 4.79 Å². The molecular formula is C15H23NO3. The number of carbonyl (C=O) groups is 1. The van der Waals surface area contributed by atoms with Crippen molar-refractivity contribution in [2.45, 2.75) is 33.2 Å². The van der Waals surface area contributed by atoms with Gasteiger partial charge >= 0.3 is 6.09 Å². The third-order valence-electron chi connectivity index (χ3n) is 2.63. The quantitative estimate of drug-likeness (QED) is 0.860. The van der Waals surface area contributed by atoms with E-state index in [2.05, 4.69) is 26.1 Å². The molecule has 19 heavy (non-hydrogen) atoms. The number of aliphatic hydroxyl groups is 1. The molecule has 0 aliphatic rings. The van der Waals surface area contributed by atoms with Crippen LogP contribution in [0.25, 0.3) is 0 Å². The lowest BCUT2D eigenvalue weighted by molar-refractivity contribution is 0.114. The number of alkyl carbamates (subject to hydrolysis) is 1. The Labute approximate surface area is 114 Å². The molecule has 0 heterocycles. The summed E-state index contributed by atoms with van der Waals surface area (Å²) >= 11 is 0. The van der Waals surface area contributed by atoms with E-state index in [-0.39, 0.29) is 24.7 Å². The van der Waals surface area contributed by atoms with Crippen LogP contribution in [0.1, 0.15) is 38.8 Å². The Kier molecular flexibility index (Phi) is 5.83. The molecule has 106 valence electrons. The summed E-state index contributed by atoms with van der Waals surface area (Å²) < 4.78 is 4.86. The molecule has 0 radical (unpaired) electrons. The number of rotatable bonds is 5. The first-order valence-corrected chi connectivity index (χ1v) is 6.51. The summed E-state index contributed by atoms with van der Waals surface area (Å²) in [7, 11) is 0. The maximum atomic E-state index is 11.6. The van der Waals surface area contributed by atoms with E-state index in [1.54, 1.807) is 0 Å². The molecule has 0 bridgehead atoms. The fourth-order valence-electron chi connectivity index (χ4n) is 1.87. The number of nitrogens with one attached hydrogen (secondary N) is 1. The van der Waals surface area contributed by atoms with Crippen LogP contribution in [0.3, 0.4) is 0 Å². The second-order valence-corrected chi connectivity index (χ2v) is 5.73. The van der Waals surface area contributed by atoms with Crippen molar-refractivity contribution in [3.05, 3.63) is 35.9 Å². The zero-order chi connectivity index (χ0) is 14.3. The van der Waals surface area contributed by atoms with Crippen molar-refractivity contribution >= 4 is 6.09 Å². The van der Waals surface area contributed by atoms with Crippen molar-refractivity contribution in [2.75, 3.05) is 13.2 Å². The average molecular weight is 265 g/mol. The van der Waals surface area contributed by atoms with Gasteiger partial charge in [0.15, 0.2) is 0 Å². The van der Waals surface area contributed by atoms with Crippen molar-refractivity contribution in [1.82, 2.24) is 5.32 Å². The Balaban J connectivity index is 2.73. The predicted molar refractivity (Wildman–Crippen MR) is 74.8 cm³/mol. The largest absolute Gasteiger partial charge is 0.447 e. The average Bonchev–Trinajstić information content (AvgIpc) is 2.35. The lowest BCUT2D eigenvalue weighted by Crippen LogP contribution is -2.32. The maximum absolute atomic E-state index is 11.6. The summed E-state index contributed by atoms with van der Waals surface area (Å²) in [5.41, 5.74) is 1.14. The van der Waals surface area contributed by atoms with Crippen molar-refractivity contribution in [3.8, 4) is 0 Å². The molecule has 1 atom stereocenters. The van der Waals surface area contributed by atoms with E-state index in [4.69, 9.17) is 9.84 Å². The highest BCUT2D eigenvalue weighted by atomic mass is 16.6. The van der Waals surface area contributed by atoms with Gasteiger partial charge in [-0.2, -0.15) is 0 Å². The Morgan fingerprint density at radius 2 is 1.95 bits per heavy atom. The molecule has 2 N–H and O–H groups in total. The zero-order valence-electron chi connectivity index (χ0n) is 11.8. The molecule has 1 unspecified atom stereocenters. The van der Waals surface area contributed by atoms with Gasteiger partial charge in [0.05, 0.1) is 12.6 Å². The molecule has 1 aromatic carbocycles. The summed E-state index contributed by atoms with van der Waals surface area (Å²) in [4.78, 5) is 11.6. The first-order valence-electron chi connectivity index (χ1n) is 6.51. The summed E-state index contributed by atoms with van der Waals surface area (Å²) in [6.45, 7) is 6.24. The van der Waals surface area contributed by atoms with Crippen LogP contribution >= 0.6 is 0 Å². The van der Waals surface area contributed by atoms with Crippen LogP contribution in [-0.2, 0) is 4.74 Å². The smallest absolute Gasteiger partial charge is 0.407 e. The van der Waals surface area contributed by atoms with Gasteiger partial charge in [-0.1, -0.05) is 51.1 Å². The number of hydrogen-bond acceptors (Lipinski definition) is 3. The normalized spacial score (nSPS) is 12.8. The van der Waals surface area contributed by atoms with E-state index in [1.165, 1.54) is 0 Å². The third kappa shape index (κ3) is 6.25. The molecule has 0 saturated carbocycles. The van der Waals surface area contributed by atoms with Gasteiger partial charge in [0, 0.05) is 0 Å². The lowest BCUT2D eigenvalue weighted by atomic mass is 9.85. The highest BCUT2D eigenvalue weighted by Gasteiger charge is 2.22. The first-order chi connectivity index (χ1) is 8.92. The second-order valence-electron chi connectivity index (χ2n) is 5.73. The van der Waals surface area contributed by atoms with Crippen molar-refractivity contribution < 1.29 is 14.6 Å².